The Hall–Kier alpha value is -1.67. The van der Waals surface area contributed by atoms with Gasteiger partial charge in [-0.15, -0.1) is 0 Å². The molecule has 0 aliphatic heterocycles. The summed E-state index contributed by atoms with van der Waals surface area (Å²) in [6.45, 7) is 6.40. The van der Waals surface area contributed by atoms with Gasteiger partial charge in [0, 0.05) is 19.6 Å². The van der Waals surface area contributed by atoms with Crippen LogP contribution in [0.2, 0.25) is 0 Å². The molecule has 0 bridgehead atoms. The van der Waals surface area contributed by atoms with Crippen molar-refractivity contribution in [1.29, 1.82) is 5.26 Å². The minimum atomic E-state index is 0.0356. The van der Waals surface area contributed by atoms with Gasteiger partial charge in [0.05, 0.1) is 30.1 Å². The monoisotopic (exact) mass is 247 g/mol. The van der Waals surface area contributed by atoms with Crippen LogP contribution in [0.5, 0.6) is 0 Å². The Morgan fingerprint density at radius 2 is 2.22 bits per heavy atom. The summed E-state index contributed by atoms with van der Waals surface area (Å²) >= 11 is 0. The van der Waals surface area contributed by atoms with E-state index in [0.29, 0.717) is 6.54 Å². The summed E-state index contributed by atoms with van der Waals surface area (Å²) in [6, 6.07) is 2.23. The van der Waals surface area contributed by atoms with Crippen molar-refractivity contribution in [3.8, 4) is 6.07 Å². The van der Waals surface area contributed by atoms with Gasteiger partial charge in [-0.05, 0) is 20.4 Å². The molecule has 1 aromatic rings. The van der Waals surface area contributed by atoms with Crippen LogP contribution < -0.4 is 5.32 Å². The maximum absolute atomic E-state index is 8.76. The summed E-state index contributed by atoms with van der Waals surface area (Å²) in [5.41, 5.74) is 0.921. The van der Waals surface area contributed by atoms with Crippen LogP contribution in [0.15, 0.2) is 12.4 Å². The number of nitriles is 1. The summed E-state index contributed by atoms with van der Waals surface area (Å²) in [5, 5.41) is 11.9. The van der Waals surface area contributed by atoms with Crippen LogP contribution in [0.25, 0.3) is 0 Å². The molecule has 0 aromatic carbocycles. The van der Waals surface area contributed by atoms with E-state index in [1.54, 1.807) is 12.4 Å². The molecule has 0 spiro atoms. The van der Waals surface area contributed by atoms with Gasteiger partial charge in [0.15, 0.2) is 0 Å². The fourth-order valence-corrected chi connectivity index (χ4v) is 1.63. The van der Waals surface area contributed by atoms with Gasteiger partial charge in [0.25, 0.3) is 0 Å². The minimum absolute atomic E-state index is 0.0356. The molecule has 0 amide bonds. The lowest BCUT2D eigenvalue weighted by Crippen LogP contribution is -2.23. The van der Waals surface area contributed by atoms with E-state index in [-0.39, 0.29) is 5.92 Å². The highest BCUT2D eigenvalue weighted by Gasteiger charge is 2.06. The predicted molar refractivity (Wildman–Crippen MR) is 71.9 cm³/mol. The Labute approximate surface area is 109 Å². The number of hydrogen-bond acceptors (Lipinski definition) is 5. The lowest BCUT2D eigenvalue weighted by Gasteiger charge is -2.17. The Morgan fingerprint density at radius 1 is 1.44 bits per heavy atom. The maximum atomic E-state index is 8.76. The largest absolute Gasteiger partial charge is 0.369 e. The van der Waals surface area contributed by atoms with E-state index in [1.807, 2.05) is 14.0 Å². The molecule has 0 saturated heterocycles. The second kappa shape index (κ2) is 7.62. The fourth-order valence-electron chi connectivity index (χ4n) is 1.63. The first-order valence-electron chi connectivity index (χ1n) is 6.28. The van der Waals surface area contributed by atoms with E-state index >= 15 is 0 Å². The minimum Gasteiger partial charge on any atom is -0.369 e. The molecule has 18 heavy (non-hydrogen) atoms. The first kappa shape index (κ1) is 14.4. The SMILES string of the molecule is CCCNc1cnc(CN(C)CC(C)C#N)cn1. The molecule has 0 fully saturated rings. The van der Waals surface area contributed by atoms with Crippen LogP contribution in [-0.2, 0) is 6.54 Å². The Morgan fingerprint density at radius 3 is 2.78 bits per heavy atom. The predicted octanol–water partition coefficient (Wildman–Crippen LogP) is 1.89. The molecule has 1 N–H and O–H groups in total. The number of hydrogen-bond donors (Lipinski definition) is 1. The topological polar surface area (TPSA) is 64.8 Å². The van der Waals surface area contributed by atoms with Crippen LogP contribution in [0.1, 0.15) is 26.0 Å². The zero-order valence-corrected chi connectivity index (χ0v) is 11.3. The molecule has 5 nitrogen and oxygen atoms in total. The molecule has 0 saturated carbocycles. The highest BCUT2D eigenvalue weighted by atomic mass is 15.1. The Bertz CT molecular complexity index is 381. The van der Waals surface area contributed by atoms with Crippen LogP contribution in [0, 0.1) is 17.2 Å². The number of aromatic nitrogens is 2. The van der Waals surface area contributed by atoms with Crippen molar-refractivity contribution in [2.45, 2.75) is 26.8 Å². The highest BCUT2D eigenvalue weighted by molar-refractivity contribution is 5.30. The molecule has 98 valence electrons. The van der Waals surface area contributed by atoms with Gasteiger partial charge in [-0.25, -0.2) is 4.98 Å². The highest BCUT2D eigenvalue weighted by Crippen LogP contribution is 2.05. The van der Waals surface area contributed by atoms with Crippen molar-refractivity contribution >= 4 is 5.82 Å². The second-order valence-corrected chi connectivity index (χ2v) is 4.55. The number of rotatable bonds is 7. The standard InChI is InChI=1S/C13H21N5/c1-4-5-15-13-8-16-12(7-17-13)10-18(3)9-11(2)6-14/h7-8,11H,4-5,9-10H2,1-3H3,(H,15,17). The van der Waals surface area contributed by atoms with Crippen LogP contribution in [-0.4, -0.2) is 35.0 Å². The normalized spacial score (nSPS) is 12.2. The Kier molecular flexibility index (Phi) is 6.09. The third kappa shape index (κ3) is 5.11. The van der Waals surface area contributed by atoms with Gasteiger partial charge in [0.1, 0.15) is 5.82 Å². The van der Waals surface area contributed by atoms with Crippen LogP contribution >= 0.6 is 0 Å². The first-order chi connectivity index (χ1) is 8.65. The van der Waals surface area contributed by atoms with Crippen LogP contribution in [0.4, 0.5) is 5.82 Å². The van der Waals surface area contributed by atoms with Gasteiger partial charge in [-0.1, -0.05) is 6.92 Å². The fraction of sp³-hybridized carbons (Fsp3) is 0.615. The summed E-state index contributed by atoms with van der Waals surface area (Å²) in [7, 11) is 1.98. The molecule has 5 heteroatoms. The lowest BCUT2D eigenvalue weighted by atomic mass is 10.2. The third-order valence-electron chi connectivity index (χ3n) is 2.50. The van der Waals surface area contributed by atoms with Gasteiger partial charge >= 0.3 is 0 Å². The Balaban J connectivity index is 2.45. The molecular weight excluding hydrogens is 226 g/mol. The van der Waals surface area contributed by atoms with E-state index < -0.39 is 0 Å². The molecule has 1 rings (SSSR count). The number of nitrogens with one attached hydrogen (secondary N) is 1. The van der Waals surface area contributed by atoms with Crippen LogP contribution in [0.3, 0.4) is 0 Å². The van der Waals surface area contributed by atoms with Gasteiger partial charge < -0.3 is 5.32 Å². The summed E-state index contributed by atoms with van der Waals surface area (Å²) in [4.78, 5) is 10.7. The van der Waals surface area contributed by atoms with Crippen molar-refractivity contribution < 1.29 is 0 Å². The van der Waals surface area contributed by atoms with Crippen molar-refractivity contribution in [1.82, 2.24) is 14.9 Å². The van der Waals surface area contributed by atoms with E-state index in [9.17, 15) is 0 Å². The van der Waals surface area contributed by atoms with Crippen molar-refractivity contribution in [2.24, 2.45) is 5.92 Å². The zero-order chi connectivity index (χ0) is 13.4. The second-order valence-electron chi connectivity index (χ2n) is 4.55. The first-order valence-corrected chi connectivity index (χ1v) is 6.28. The molecule has 0 aliphatic carbocycles. The quantitative estimate of drug-likeness (QED) is 0.797. The van der Waals surface area contributed by atoms with E-state index in [1.165, 1.54) is 0 Å². The number of nitrogens with zero attached hydrogens (tertiary/aromatic N) is 4. The molecule has 1 unspecified atom stereocenters. The van der Waals surface area contributed by atoms with E-state index in [4.69, 9.17) is 5.26 Å². The average molecular weight is 247 g/mol. The van der Waals surface area contributed by atoms with E-state index in [2.05, 4.69) is 33.2 Å². The summed E-state index contributed by atoms with van der Waals surface area (Å²) in [6.07, 6.45) is 4.61. The molecule has 1 aromatic heterocycles. The molecule has 1 atom stereocenters. The summed E-state index contributed by atoms with van der Waals surface area (Å²) in [5.74, 6) is 0.849. The average Bonchev–Trinajstić information content (AvgIpc) is 2.37. The molecule has 0 aliphatic rings. The number of anilines is 1. The molecule has 0 radical (unpaired) electrons. The maximum Gasteiger partial charge on any atom is 0.144 e. The van der Waals surface area contributed by atoms with Crippen molar-refractivity contribution in [3.63, 3.8) is 0 Å². The van der Waals surface area contributed by atoms with Crippen molar-refractivity contribution in [2.75, 3.05) is 25.5 Å². The lowest BCUT2D eigenvalue weighted by molar-refractivity contribution is 0.299. The molecule has 1 heterocycles. The van der Waals surface area contributed by atoms with Gasteiger partial charge in [-0.2, -0.15) is 5.26 Å². The van der Waals surface area contributed by atoms with Gasteiger partial charge in [0.2, 0.25) is 0 Å². The zero-order valence-electron chi connectivity index (χ0n) is 11.3. The van der Waals surface area contributed by atoms with E-state index in [0.717, 1.165) is 31.0 Å². The summed E-state index contributed by atoms with van der Waals surface area (Å²) < 4.78 is 0. The van der Waals surface area contributed by atoms with Crippen molar-refractivity contribution in [3.05, 3.63) is 18.1 Å². The smallest absolute Gasteiger partial charge is 0.144 e. The third-order valence-corrected chi connectivity index (χ3v) is 2.50. The van der Waals surface area contributed by atoms with Gasteiger partial charge in [-0.3, -0.25) is 9.88 Å². The molecular formula is C13H21N5.